The van der Waals surface area contributed by atoms with Gasteiger partial charge in [-0.2, -0.15) is 0 Å². The third-order valence-electron chi connectivity index (χ3n) is 3.32. The highest BCUT2D eigenvalue weighted by molar-refractivity contribution is 6.39. The van der Waals surface area contributed by atoms with Gasteiger partial charge in [-0.15, -0.1) is 0 Å². The molecule has 1 atom stereocenters. The van der Waals surface area contributed by atoms with Crippen LogP contribution >= 0.6 is 23.2 Å². The highest BCUT2D eigenvalue weighted by Gasteiger charge is 2.14. The van der Waals surface area contributed by atoms with Gasteiger partial charge in [-0.3, -0.25) is 4.79 Å². The van der Waals surface area contributed by atoms with Gasteiger partial charge in [-0.1, -0.05) is 59.1 Å². The molecular formula is C17H19Cl2N2O+. The van der Waals surface area contributed by atoms with Crippen molar-refractivity contribution in [2.24, 2.45) is 0 Å². The van der Waals surface area contributed by atoms with Gasteiger partial charge in [0.05, 0.1) is 22.8 Å². The SMILES string of the molecule is Cc1ccc(C[NH+](C)CC(=O)Nc2c(Cl)cccc2Cl)cc1. The Morgan fingerprint density at radius 3 is 2.27 bits per heavy atom. The van der Waals surface area contributed by atoms with E-state index in [-0.39, 0.29) is 5.91 Å². The van der Waals surface area contributed by atoms with Gasteiger partial charge >= 0.3 is 0 Å². The first-order valence-corrected chi connectivity index (χ1v) is 7.82. The van der Waals surface area contributed by atoms with E-state index in [0.717, 1.165) is 11.4 Å². The van der Waals surface area contributed by atoms with Crippen LogP contribution in [0.3, 0.4) is 0 Å². The van der Waals surface area contributed by atoms with Crippen molar-refractivity contribution in [2.75, 3.05) is 18.9 Å². The van der Waals surface area contributed by atoms with Crippen LogP contribution in [-0.2, 0) is 11.3 Å². The molecule has 2 rings (SSSR count). The van der Waals surface area contributed by atoms with Crippen molar-refractivity contribution in [3.63, 3.8) is 0 Å². The molecule has 2 aromatic carbocycles. The van der Waals surface area contributed by atoms with E-state index in [0.29, 0.717) is 22.3 Å². The second-order valence-electron chi connectivity index (χ2n) is 5.44. The minimum Gasteiger partial charge on any atom is -0.326 e. The average Bonchev–Trinajstić information content (AvgIpc) is 2.45. The molecule has 3 nitrogen and oxygen atoms in total. The van der Waals surface area contributed by atoms with E-state index in [1.165, 1.54) is 11.1 Å². The molecule has 116 valence electrons. The van der Waals surface area contributed by atoms with Crippen LogP contribution in [0.5, 0.6) is 0 Å². The Balaban J connectivity index is 1.92. The predicted molar refractivity (Wildman–Crippen MR) is 91.7 cm³/mol. The molecule has 0 aliphatic rings. The number of hydrogen-bond acceptors (Lipinski definition) is 1. The molecular weight excluding hydrogens is 319 g/mol. The van der Waals surface area contributed by atoms with Gasteiger partial charge in [-0.05, 0) is 19.1 Å². The van der Waals surface area contributed by atoms with Crippen LogP contribution in [0, 0.1) is 6.92 Å². The molecule has 0 saturated heterocycles. The normalized spacial score (nSPS) is 12.0. The van der Waals surface area contributed by atoms with E-state index < -0.39 is 0 Å². The van der Waals surface area contributed by atoms with Crippen molar-refractivity contribution in [1.82, 2.24) is 0 Å². The van der Waals surface area contributed by atoms with Crippen LogP contribution in [0.25, 0.3) is 0 Å². The van der Waals surface area contributed by atoms with Gasteiger partial charge in [0.15, 0.2) is 6.54 Å². The van der Waals surface area contributed by atoms with Crippen molar-refractivity contribution < 1.29 is 9.69 Å². The number of nitrogens with one attached hydrogen (secondary N) is 2. The van der Waals surface area contributed by atoms with Crippen molar-refractivity contribution >= 4 is 34.8 Å². The van der Waals surface area contributed by atoms with Crippen molar-refractivity contribution in [1.29, 1.82) is 0 Å². The number of carbonyl (C=O) groups is 1. The molecule has 5 heteroatoms. The highest BCUT2D eigenvalue weighted by Crippen LogP contribution is 2.29. The summed E-state index contributed by atoms with van der Waals surface area (Å²) in [7, 11) is 1.98. The zero-order valence-corrected chi connectivity index (χ0v) is 14.1. The molecule has 1 unspecified atom stereocenters. The quantitative estimate of drug-likeness (QED) is 0.864. The van der Waals surface area contributed by atoms with E-state index in [2.05, 4.69) is 36.5 Å². The summed E-state index contributed by atoms with van der Waals surface area (Å²) in [6, 6.07) is 13.5. The lowest BCUT2D eigenvalue weighted by Gasteiger charge is -2.15. The Morgan fingerprint density at radius 1 is 1.09 bits per heavy atom. The van der Waals surface area contributed by atoms with Gasteiger partial charge in [0.25, 0.3) is 5.91 Å². The van der Waals surface area contributed by atoms with Gasteiger partial charge in [0.1, 0.15) is 6.54 Å². The van der Waals surface area contributed by atoms with Crippen LogP contribution in [0.1, 0.15) is 11.1 Å². The topological polar surface area (TPSA) is 33.5 Å². The molecule has 2 aromatic rings. The van der Waals surface area contributed by atoms with E-state index >= 15 is 0 Å². The standard InChI is InChI=1S/C17H18Cl2N2O/c1-12-6-8-13(9-7-12)10-21(2)11-16(22)20-17-14(18)4-3-5-15(17)19/h3-9H,10-11H2,1-2H3,(H,20,22)/p+1. The average molecular weight is 338 g/mol. The van der Waals surface area contributed by atoms with Gasteiger partial charge < -0.3 is 10.2 Å². The van der Waals surface area contributed by atoms with E-state index in [1.54, 1.807) is 18.2 Å². The molecule has 0 aromatic heterocycles. The lowest BCUT2D eigenvalue weighted by molar-refractivity contribution is -0.885. The number of benzene rings is 2. The molecule has 0 radical (unpaired) electrons. The summed E-state index contributed by atoms with van der Waals surface area (Å²) in [5.74, 6) is -0.111. The van der Waals surface area contributed by atoms with Crippen LogP contribution in [-0.4, -0.2) is 19.5 Å². The van der Waals surface area contributed by atoms with Crippen LogP contribution in [0.4, 0.5) is 5.69 Å². The minimum absolute atomic E-state index is 0.111. The molecule has 22 heavy (non-hydrogen) atoms. The van der Waals surface area contributed by atoms with Crippen molar-refractivity contribution in [2.45, 2.75) is 13.5 Å². The number of halogens is 2. The fourth-order valence-electron chi connectivity index (χ4n) is 2.19. The molecule has 0 aliphatic carbocycles. The van der Waals surface area contributed by atoms with Crippen molar-refractivity contribution in [3.8, 4) is 0 Å². The third kappa shape index (κ3) is 4.73. The first kappa shape index (κ1) is 16.8. The molecule has 1 amide bonds. The molecule has 0 aliphatic heterocycles. The van der Waals surface area contributed by atoms with Gasteiger partial charge in [-0.25, -0.2) is 0 Å². The number of carbonyl (C=O) groups excluding carboxylic acids is 1. The smallest absolute Gasteiger partial charge is 0.279 e. The number of rotatable bonds is 5. The second-order valence-corrected chi connectivity index (χ2v) is 6.26. The van der Waals surface area contributed by atoms with E-state index in [1.807, 2.05) is 7.05 Å². The highest BCUT2D eigenvalue weighted by atomic mass is 35.5. The van der Waals surface area contributed by atoms with E-state index in [4.69, 9.17) is 23.2 Å². The monoisotopic (exact) mass is 337 g/mol. The Kier molecular flexibility index (Phi) is 5.83. The summed E-state index contributed by atoms with van der Waals surface area (Å²) in [5, 5.41) is 3.66. The Morgan fingerprint density at radius 2 is 1.68 bits per heavy atom. The third-order valence-corrected chi connectivity index (χ3v) is 3.95. The number of amides is 1. The number of aryl methyl sites for hydroxylation is 1. The number of para-hydroxylation sites is 1. The lowest BCUT2D eigenvalue weighted by atomic mass is 10.1. The van der Waals surface area contributed by atoms with Gasteiger partial charge in [0.2, 0.25) is 0 Å². The number of anilines is 1. The maximum atomic E-state index is 12.1. The maximum absolute atomic E-state index is 12.1. The van der Waals surface area contributed by atoms with Crippen LogP contribution in [0.2, 0.25) is 10.0 Å². The summed E-state index contributed by atoms with van der Waals surface area (Å²) in [6.45, 7) is 3.18. The molecule has 2 N–H and O–H groups in total. The molecule has 0 spiro atoms. The van der Waals surface area contributed by atoms with Crippen molar-refractivity contribution in [3.05, 3.63) is 63.6 Å². The summed E-state index contributed by atoms with van der Waals surface area (Å²) in [6.07, 6.45) is 0. The largest absolute Gasteiger partial charge is 0.326 e. The Hall–Kier alpha value is -1.55. The molecule has 0 fully saturated rings. The molecule has 0 heterocycles. The predicted octanol–water partition coefficient (Wildman–Crippen LogP) is 2.96. The van der Waals surface area contributed by atoms with E-state index in [9.17, 15) is 4.79 Å². The number of quaternary nitrogens is 1. The first-order valence-electron chi connectivity index (χ1n) is 7.06. The molecule has 0 bridgehead atoms. The first-order chi connectivity index (χ1) is 10.5. The van der Waals surface area contributed by atoms with Crippen LogP contribution in [0.15, 0.2) is 42.5 Å². The molecule has 0 saturated carbocycles. The second kappa shape index (κ2) is 7.63. The fraction of sp³-hybridized carbons (Fsp3) is 0.235. The zero-order valence-electron chi connectivity index (χ0n) is 12.6. The maximum Gasteiger partial charge on any atom is 0.279 e. The number of likely N-dealkylation sites (N-methyl/N-ethyl adjacent to an activating group) is 1. The Labute approximate surface area is 140 Å². The summed E-state index contributed by atoms with van der Waals surface area (Å²) in [4.78, 5) is 13.2. The fourth-order valence-corrected chi connectivity index (χ4v) is 2.68. The minimum atomic E-state index is -0.111. The number of hydrogen-bond donors (Lipinski definition) is 2. The van der Waals surface area contributed by atoms with Crippen LogP contribution < -0.4 is 10.2 Å². The summed E-state index contributed by atoms with van der Waals surface area (Å²) >= 11 is 12.1. The zero-order chi connectivity index (χ0) is 16.1. The Bertz CT molecular complexity index is 636. The summed E-state index contributed by atoms with van der Waals surface area (Å²) in [5.41, 5.74) is 2.90. The summed E-state index contributed by atoms with van der Waals surface area (Å²) < 4.78 is 0. The van der Waals surface area contributed by atoms with Gasteiger partial charge in [0, 0.05) is 5.56 Å². The lowest BCUT2D eigenvalue weighted by Crippen LogP contribution is -3.08.